The maximum atomic E-state index is 6.02. The number of nitrogens with one attached hydrogen (secondary N) is 1. The van der Waals surface area contributed by atoms with Gasteiger partial charge in [-0.25, -0.2) is 0 Å². The Labute approximate surface area is 112 Å². The van der Waals surface area contributed by atoms with Gasteiger partial charge in [-0.15, -0.1) is 0 Å². The first kappa shape index (κ1) is 15.0. The number of aryl methyl sites for hydroxylation is 1. The maximum absolute atomic E-state index is 6.02. The summed E-state index contributed by atoms with van der Waals surface area (Å²) >= 11 is 0. The molecule has 1 atom stereocenters. The average Bonchev–Trinajstić information content (AvgIpc) is 2.34. The third-order valence-electron chi connectivity index (χ3n) is 3.44. The fourth-order valence-corrected chi connectivity index (χ4v) is 1.67. The maximum Gasteiger partial charge on any atom is 0.120 e. The van der Waals surface area contributed by atoms with Crippen LogP contribution >= 0.6 is 0 Å². The highest BCUT2D eigenvalue weighted by Gasteiger charge is 2.17. The van der Waals surface area contributed by atoms with Crippen LogP contribution in [0.25, 0.3) is 0 Å². The number of hydrogen-bond acceptors (Lipinski definition) is 2. The van der Waals surface area contributed by atoms with Crippen molar-refractivity contribution in [3.8, 4) is 5.75 Å². The first-order valence-electron chi connectivity index (χ1n) is 6.95. The van der Waals surface area contributed by atoms with Gasteiger partial charge in [0, 0.05) is 12.1 Å². The molecule has 1 unspecified atom stereocenters. The molecular weight excluding hydrogens is 222 g/mol. The van der Waals surface area contributed by atoms with E-state index in [0.29, 0.717) is 0 Å². The summed E-state index contributed by atoms with van der Waals surface area (Å²) in [6.07, 6.45) is 2.37. The summed E-state index contributed by atoms with van der Waals surface area (Å²) in [6, 6.07) is 8.25. The number of ether oxygens (including phenoxy) is 1. The molecule has 1 aromatic rings. The summed E-state index contributed by atoms with van der Waals surface area (Å²) in [7, 11) is 0. The molecule has 1 aromatic carbocycles. The van der Waals surface area contributed by atoms with Crippen molar-refractivity contribution in [2.75, 3.05) is 6.54 Å². The number of hydrogen-bond donors (Lipinski definition) is 1. The SMILES string of the molecule is CCC(CNC(C)(C)CC)Oc1cccc(C)c1. The van der Waals surface area contributed by atoms with Crippen molar-refractivity contribution in [1.82, 2.24) is 5.32 Å². The van der Waals surface area contributed by atoms with Crippen LogP contribution in [0.1, 0.15) is 46.1 Å². The van der Waals surface area contributed by atoms with Crippen LogP contribution < -0.4 is 10.1 Å². The molecule has 0 aliphatic rings. The molecular formula is C16H27NO. The van der Waals surface area contributed by atoms with Gasteiger partial charge in [0.25, 0.3) is 0 Å². The molecule has 0 aliphatic carbocycles. The van der Waals surface area contributed by atoms with Crippen molar-refractivity contribution in [3.63, 3.8) is 0 Å². The Morgan fingerprint density at radius 2 is 2.00 bits per heavy atom. The molecule has 0 heterocycles. The van der Waals surface area contributed by atoms with Crippen LogP contribution in [0.2, 0.25) is 0 Å². The van der Waals surface area contributed by atoms with Gasteiger partial charge >= 0.3 is 0 Å². The van der Waals surface area contributed by atoms with Gasteiger partial charge in [-0.2, -0.15) is 0 Å². The molecule has 2 heteroatoms. The summed E-state index contributed by atoms with van der Waals surface area (Å²) in [5, 5.41) is 3.57. The highest BCUT2D eigenvalue weighted by molar-refractivity contribution is 5.27. The van der Waals surface area contributed by atoms with E-state index in [4.69, 9.17) is 4.74 Å². The van der Waals surface area contributed by atoms with E-state index >= 15 is 0 Å². The van der Waals surface area contributed by atoms with Gasteiger partial charge < -0.3 is 10.1 Å². The molecule has 0 fully saturated rings. The van der Waals surface area contributed by atoms with E-state index in [0.717, 1.165) is 25.1 Å². The minimum atomic E-state index is 0.184. The molecule has 0 amide bonds. The van der Waals surface area contributed by atoms with Gasteiger partial charge in [0.1, 0.15) is 11.9 Å². The van der Waals surface area contributed by atoms with Crippen LogP contribution in [0, 0.1) is 6.92 Å². The lowest BCUT2D eigenvalue weighted by Crippen LogP contribution is -2.44. The summed E-state index contributed by atoms with van der Waals surface area (Å²) in [4.78, 5) is 0. The first-order valence-corrected chi connectivity index (χ1v) is 6.95. The zero-order chi connectivity index (χ0) is 13.6. The molecule has 102 valence electrons. The van der Waals surface area contributed by atoms with Crippen molar-refractivity contribution < 1.29 is 4.74 Å². The molecule has 1 N–H and O–H groups in total. The Bertz CT molecular complexity index is 360. The molecule has 0 spiro atoms. The van der Waals surface area contributed by atoms with Gasteiger partial charge in [-0.05, 0) is 51.3 Å². The highest BCUT2D eigenvalue weighted by atomic mass is 16.5. The minimum absolute atomic E-state index is 0.184. The molecule has 1 rings (SSSR count). The van der Waals surface area contributed by atoms with Gasteiger partial charge in [0.05, 0.1) is 0 Å². The van der Waals surface area contributed by atoms with Crippen LogP contribution in [0.15, 0.2) is 24.3 Å². The van der Waals surface area contributed by atoms with E-state index in [-0.39, 0.29) is 11.6 Å². The van der Waals surface area contributed by atoms with Crippen LogP contribution in [-0.2, 0) is 0 Å². The van der Waals surface area contributed by atoms with Crippen molar-refractivity contribution in [2.24, 2.45) is 0 Å². The third-order valence-corrected chi connectivity index (χ3v) is 3.44. The van der Waals surface area contributed by atoms with Crippen LogP contribution in [-0.4, -0.2) is 18.2 Å². The van der Waals surface area contributed by atoms with E-state index in [1.807, 2.05) is 12.1 Å². The second-order valence-electron chi connectivity index (χ2n) is 5.58. The first-order chi connectivity index (χ1) is 8.46. The van der Waals surface area contributed by atoms with Crippen LogP contribution in [0.5, 0.6) is 5.75 Å². The fraction of sp³-hybridized carbons (Fsp3) is 0.625. The van der Waals surface area contributed by atoms with E-state index in [1.165, 1.54) is 5.56 Å². The Balaban J connectivity index is 2.52. The summed E-state index contributed by atoms with van der Waals surface area (Å²) < 4.78 is 6.02. The monoisotopic (exact) mass is 249 g/mol. The summed E-state index contributed by atoms with van der Waals surface area (Å²) in [6.45, 7) is 11.8. The van der Waals surface area contributed by atoms with Gasteiger partial charge in [-0.3, -0.25) is 0 Å². The Hall–Kier alpha value is -1.02. The van der Waals surface area contributed by atoms with Crippen molar-refractivity contribution in [2.45, 2.75) is 59.1 Å². The Morgan fingerprint density at radius 1 is 1.28 bits per heavy atom. The highest BCUT2D eigenvalue weighted by Crippen LogP contribution is 2.16. The third kappa shape index (κ3) is 5.09. The second kappa shape index (κ2) is 6.79. The van der Waals surface area contributed by atoms with Gasteiger partial charge in [0.2, 0.25) is 0 Å². The summed E-state index contributed by atoms with van der Waals surface area (Å²) in [5.41, 5.74) is 1.42. The minimum Gasteiger partial charge on any atom is -0.489 e. The summed E-state index contributed by atoms with van der Waals surface area (Å²) in [5.74, 6) is 0.970. The Kier molecular flexibility index (Phi) is 5.67. The smallest absolute Gasteiger partial charge is 0.120 e. The average molecular weight is 249 g/mol. The van der Waals surface area contributed by atoms with Crippen LogP contribution in [0.3, 0.4) is 0 Å². The van der Waals surface area contributed by atoms with E-state index < -0.39 is 0 Å². The molecule has 0 saturated carbocycles. The number of rotatable bonds is 7. The molecule has 18 heavy (non-hydrogen) atoms. The lowest BCUT2D eigenvalue weighted by Gasteiger charge is -2.28. The zero-order valence-electron chi connectivity index (χ0n) is 12.4. The Morgan fingerprint density at radius 3 is 2.56 bits per heavy atom. The predicted octanol–water partition coefficient (Wildman–Crippen LogP) is 3.93. The largest absolute Gasteiger partial charge is 0.489 e. The topological polar surface area (TPSA) is 21.3 Å². The van der Waals surface area contributed by atoms with Crippen molar-refractivity contribution in [3.05, 3.63) is 29.8 Å². The number of benzene rings is 1. The van der Waals surface area contributed by atoms with Crippen LogP contribution in [0.4, 0.5) is 0 Å². The lowest BCUT2D eigenvalue weighted by atomic mass is 10.0. The normalized spacial score (nSPS) is 13.4. The second-order valence-corrected chi connectivity index (χ2v) is 5.58. The van der Waals surface area contributed by atoms with Gasteiger partial charge in [-0.1, -0.05) is 26.0 Å². The van der Waals surface area contributed by atoms with E-state index in [2.05, 4.69) is 52.1 Å². The fourth-order valence-electron chi connectivity index (χ4n) is 1.67. The molecule has 0 saturated heterocycles. The van der Waals surface area contributed by atoms with E-state index in [1.54, 1.807) is 0 Å². The van der Waals surface area contributed by atoms with Crippen molar-refractivity contribution in [1.29, 1.82) is 0 Å². The van der Waals surface area contributed by atoms with Crippen molar-refractivity contribution >= 4 is 0 Å². The molecule has 0 bridgehead atoms. The lowest BCUT2D eigenvalue weighted by molar-refractivity contribution is 0.177. The molecule has 2 nitrogen and oxygen atoms in total. The molecule has 0 aromatic heterocycles. The van der Waals surface area contributed by atoms with Gasteiger partial charge in [0.15, 0.2) is 0 Å². The van der Waals surface area contributed by atoms with E-state index in [9.17, 15) is 0 Å². The molecule has 0 radical (unpaired) electrons. The quantitative estimate of drug-likeness (QED) is 0.790. The molecule has 0 aliphatic heterocycles. The zero-order valence-corrected chi connectivity index (χ0v) is 12.4. The predicted molar refractivity (Wildman–Crippen MR) is 78.3 cm³/mol. The standard InChI is InChI=1S/C16H27NO/c1-6-14(12-17-16(4,5)7-2)18-15-10-8-9-13(3)11-15/h8-11,14,17H,6-7,12H2,1-5H3.